The van der Waals surface area contributed by atoms with Gasteiger partial charge in [-0.1, -0.05) is 32.1 Å². The van der Waals surface area contributed by atoms with E-state index in [0.717, 1.165) is 19.5 Å². The molecule has 1 aliphatic carbocycles. The molecule has 2 N–H and O–H groups in total. The van der Waals surface area contributed by atoms with Gasteiger partial charge in [0.1, 0.15) is 0 Å². The minimum Gasteiger partial charge on any atom is -0.355 e. The first-order valence-electron chi connectivity index (χ1n) is 9.41. The van der Waals surface area contributed by atoms with Gasteiger partial charge in [-0.25, -0.2) is 0 Å². The zero-order chi connectivity index (χ0) is 15.9. The van der Waals surface area contributed by atoms with Gasteiger partial charge in [-0.3, -0.25) is 9.69 Å². The van der Waals surface area contributed by atoms with Crippen LogP contribution >= 0.6 is 0 Å². The van der Waals surface area contributed by atoms with E-state index in [0.29, 0.717) is 18.1 Å². The second-order valence-corrected chi connectivity index (χ2v) is 7.34. The van der Waals surface area contributed by atoms with E-state index < -0.39 is 0 Å². The number of amides is 1. The van der Waals surface area contributed by atoms with Crippen molar-refractivity contribution < 1.29 is 4.79 Å². The molecule has 0 aromatic heterocycles. The molecule has 1 heterocycles. The number of hydrogen-bond acceptors (Lipinski definition) is 3. The van der Waals surface area contributed by atoms with Crippen molar-refractivity contribution in [2.45, 2.75) is 96.3 Å². The lowest BCUT2D eigenvalue weighted by atomic mass is 9.96. The van der Waals surface area contributed by atoms with Crippen molar-refractivity contribution in [2.75, 3.05) is 13.1 Å². The molecular weight excluding hydrogens is 274 g/mol. The third kappa shape index (κ3) is 4.95. The molecule has 0 spiro atoms. The lowest BCUT2D eigenvalue weighted by molar-refractivity contribution is -0.125. The zero-order valence-electron chi connectivity index (χ0n) is 14.7. The molecule has 1 saturated carbocycles. The van der Waals surface area contributed by atoms with Crippen molar-refractivity contribution in [2.24, 2.45) is 0 Å². The highest BCUT2D eigenvalue weighted by Gasteiger charge is 2.38. The molecular formula is C18H35N3O. The summed E-state index contributed by atoms with van der Waals surface area (Å²) < 4.78 is 0. The Kier molecular flexibility index (Phi) is 7.16. The Morgan fingerprint density at radius 2 is 1.73 bits per heavy atom. The molecule has 1 aliphatic heterocycles. The summed E-state index contributed by atoms with van der Waals surface area (Å²) in [6.45, 7) is 8.13. The zero-order valence-corrected chi connectivity index (χ0v) is 14.7. The van der Waals surface area contributed by atoms with Crippen molar-refractivity contribution in [3.63, 3.8) is 0 Å². The monoisotopic (exact) mass is 309 g/mol. The van der Waals surface area contributed by atoms with Gasteiger partial charge in [-0.2, -0.15) is 0 Å². The largest absolute Gasteiger partial charge is 0.355 e. The fourth-order valence-electron chi connectivity index (χ4n) is 4.06. The maximum Gasteiger partial charge on any atom is 0.237 e. The van der Waals surface area contributed by atoms with Crippen LogP contribution in [0.15, 0.2) is 0 Å². The summed E-state index contributed by atoms with van der Waals surface area (Å²) in [6.07, 6.45) is 10.5. The first-order chi connectivity index (χ1) is 10.6. The number of hydrogen-bond donors (Lipinski definition) is 2. The number of carbonyl (C=O) groups is 1. The lowest BCUT2D eigenvalue weighted by Gasteiger charge is -2.27. The lowest BCUT2D eigenvalue weighted by Crippen LogP contribution is -2.46. The number of nitrogens with one attached hydrogen (secondary N) is 2. The Morgan fingerprint density at radius 1 is 1.09 bits per heavy atom. The van der Waals surface area contributed by atoms with Crippen LogP contribution in [0.25, 0.3) is 0 Å². The van der Waals surface area contributed by atoms with Gasteiger partial charge in [-0.15, -0.1) is 0 Å². The summed E-state index contributed by atoms with van der Waals surface area (Å²) >= 11 is 0. The molecule has 0 radical (unpaired) electrons. The average Bonchev–Trinajstić information content (AvgIpc) is 2.86. The molecule has 0 unspecified atom stereocenters. The van der Waals surface area contributed by atoms with Gasteiger partial charge in [0.15, 0.2) is 0 Å². The molecule has 1 amide bonds. The summed E-state index contributed by atoms with van der Waals surface area (Å²) in [4.78, 5) is 14.7. The molecule has 1 saturated heterocycles. The van der Waals surface area contributed by atoms with Crippen molar-refractivity contribution >= 4 is 5.91 Å². The molecule has 0 aromatic carbocycles. The van der Waals surface area contributed by atoms with Gasteiger partial charge in [0.2, 0.25) is 5.91 Å². The van der Waals surface area contributed by atoms with Gasteiger partial charge in [0, 0.05) is 31.2 Å². The maximum atomic E-state index is 12.3. The summed E-state index contributed by atoms with van der Waals surface area (Å²) in [5, 5.41) is 6.88. The van der Waals surface area contributed by atoms with E-state index in [1.165, 1.54) is 44.9 Å². The summed E-state index contributed by atoms with van der Waals surface area (Å²) in [6, 6.07) is 1.61. The highest BCUT2D eigenvalue weighted by molar-refractivity contribution is 5.82. The average molecular weight is 309 g/mol. The van der Waals surface area contributed by atoms with E-state index in [2.05, 4.69) is 29.4 Å². The van der Waals surface area contributed by atoms with Crippen LogP contribution in [0, 0.1) is 0 Å². The highest BCUT2D eigenvalue weighted by atomic mass is 16.2. The fraction of sp³-hybridized carbons (Fsp3) is 0.944. The van der Waals surface area contributed by atoms with Crippen LogP contribution in [0.5, 0.6) is 0 Å². The van der Waals surface area contributed by atoms with E-state index in [9.17, 15) is 4.79 Å². The smallest absolute Gasteiger partial charge is 0.237 e. The SMILES string of the molecule is CCNC(=O)[C@@H]1C[C@H](NC2CCCCCCC2)CN1C(C)C. The minimum atomic E-state index is 0.0472. The Labute approximate surface area is 136 Å². The summed E-state index contributed by atoms with van der Waals surface area (Å²) in [5.74, 6) is 0.207. The van der Waals surface area contributed by atoms with E-state index in [4.69, 9.17) is 0 Å². The van der Waals surface area contributed by atoms with Crippen LogP contribution in [0.4, 0.5) is 0 Å². The molecule has 0 aromatic rings. The molecule has 2 fully saturated rings. The summed E-state index contributed by atoms with van der Waals surface area (Å²) in [7, 11) is 0. The second kappa shape index (κ2) is 8.88. The van der Waals surface area contributed by atoms with E-state index in [1.807, 2.05) is 6.92 Å². The van der Waals surface area contributed by atoms with Gasteiger partial charge in [-0.05, 0) is 40.0 Å². The van der Waals surface area contributed by atoms with Gasteiger partial charge < -0.3 is 10.6 Å². The number of likely N-dealkylation sites (N-methyl/N-ethyl adjacent to an activating group) is 1. The Bertz CT molecular complexity index is 337. The van der Waals surface area contributed by atoms with Crippen LogP contribution in [0.1, 0.15) is 72.1 Å². The molecule has 22 heavy (non-hydrogen) atoms. The topological polar surface area (TPSA) is 44.4 Å². The third-order valence-corrected chi connectivity index (χ3v) is 5.23. The number of carbonyl (C=O) groups excluding carboxylic acids is 1. The molecule has 4 nitrogen and oxygen atoms in total. The van der Waals surface area contributed by atoms with Gasteiger partial charge >= 0.3 is 0 Å². The predicted molar refractivity (Wildman–Crippen MR) is 92.0 cm³/mol. The van der Waals surface area contributed by atoms with Crippen molar-refractivity contribution in [3.8, 4) is 0 Å². The van der Waals surface area contributed by atoms with Crippen molar-refractivity contribution in [1.82, 2.24) is 15.5 Å². The van der Waals surface area contributed by atoms with Gasteiger partial charge in [0.25, 0.3) is 0 Å². The number of rotatable bonds is 5. The van der Waals surface area contributed by atoms with Crippen LogP contribution < -0.4 is 10.6 Å². The highest BCUT2D eigenvalue weighted by Crippen LogP contribution is 2.24. The van der Waals surface area contributed by atoms with E-state index in [-0.39, 0.29) is 11.9 Å². The fourth-order valence-corrected chi connectivity index (χ4v) is 4.06. The first-order valence-corrected chi connectivity index (χ1v) is 9.41. The molecule has 2 atom stereocenters. The van der Waals surface area contributed by atoms with Crippen LogP contribution in [-0.2, 0) is 4.79 Å². The Hall–Kier alpha value is -0.610. The molecule has 4 heteroatoms. The molecule has 0 bridgehead atoms. The summed E-state index contributed by atoms with van der Waals surface area (Å²) in [5.41, 5.74) is 0. The number of nitrogens with zero attached hydrogens (tertiary/aromatic N) is 1. The third-order valence-electron chi connectivity index (χ3n) is 5.23. The minimum absolute atomic E-state index is 0.0472. The van der Waals surface area contributed by atoms with Crippen molar-refractivity contribution in [1.29, 1.82) is 0 Å². The van der Waals surface area contributed by atoms with Gasteiger partial charge in [0.05, 0.1) is 6.04 Å². The normalized spacial score (nSPS) is 28.5. The van der Waals surface area contributed by atoms with E-state index in [1.54, 1.807) is 0 Å². The molecule has 128 valence electrons. The Balaban J connectivity index is 1.90. The number of likely N-dealkylation sites (tertiary alicyclic amines) is 1. The van der Waals surface area contributed by atoms with Crippen LogP contribution in [0.3, 0.4) is 0 Å². The Morgan fingerprint density at radius 3 is 2.32 bits per heavy atom. The predicted octanol–water partition coefficient (Wildman–Crippen LogP) is 2.68. The van der Waals surface area contributed by atoms with E-state index >= 15 is 0 Å². The molecule has 2 aliphatic rings. The maximum absolute atomic E-state index is 12.3. The second-order valence-electron chi connectivity index (χ2n) is 7.34. The molecule has 2 rings (SSSR count). The first kappa shape index (κ1) is 17.7. The van der Waals surface area contributed by atoms with Crippen LogP contribution in [0.2, 0.25) is 0 Å². The van der Waals surface area contributed by atoms with Crippen molar-refractivity contribution in [3.05, 3.63) is 0 Å². The quantitative estimate of drug-likeness (QED) is 0.820. The standard InChI is InChI=1S/C18H35N3O/c1-4-19-18(22)17-12-16(13-21(17)14(2)3)20-15-10-8-6-5-7-9-11-15/h14-17,20H,4-13H2,1-3H3,(H,19,22)/t16-,17-/m0/s1. The van der Waals surface area contributed by atoms with Crippen LogP contribution in [-0.4, -0.2) is 48.1 Å².